The Bertz CT molecular complexity index is 719. The van der Waals surface area contributed by atoms with Gasteiger partial charge in [0.05, 0.1) is 10.5 Å². The van der Waals surface area contributed by atoms with Crippen LogP contribution in [0.4, 0.5) is 30.6 Å². The lowest BCUT2D eigenvalue weighted by molar-refractivity contribution is -0.384. The van der Waals surface area contributed by atoms with Gasteiger partial charge in [0.25, 0.3) is 0 Å². The van der Waals surface area contributed by atoms with Crippen LogP contribution in [0, 0.1) is 10.1 Å². The summed E-state index contributed by atoms with van der Waals surface area (Å²) in [6, 6.07) is 4.64. The Morgan fingerprint density at radius 1 is 1.30 bits per heavy atom. The molecule has 0 saturated carbocycles. The van der Waals surface area contributed by atoms with Gasteiger partial charge in [-0.05, 0) is 17.7 Å². The van der Waals surface area contributed by atoms with Crippen molar-refractivity contribution in [3.63, 3.8) is 0 Å². The Morgan fingerprint density at radius 2 is 1.91 bits per heavy atom. The first-order chi connectivity index (χ1) is 10.7. The van der Waals surface area contributed by atoms with E-state index in [0.717, 1.165) is 18.3 Å². The zero-order valence-corrected chi connectivity index (χ0v) is 11.9. The van der Waals surface area contributed by atoms with E-state index in [9.17, 15) is 23.3 Å². The molecule has 0 aliphatic rings. The summed E-state index contributed by atoms with van der Waals surface area (Å²) in [7, 11) is 1.60. The number of anilines is 2. The molecular weight excluding hydrogens is 315 g/mol. The second-order valence-corrected chi connectivity index (χ2v) is 4.75. The molecule has 2 N–H and O–H groups in total. The van der Waals surface area contributed by atoms with E-state index in [4.69, 9.17) is 5.73 Å². The number of aromatic nitrogens is 2. The predicted molar refractivity (Wildman–Crippen MR) is 76.6 cm³/mol. The maximum absolute atomic E-state index is 12.5. The summed E-state index contributed by atoms with van der Waals surface area (Å²) in [5.74, 6) is -0.146. The number of benzene rings is 1. The number of halogens is 3. The normalized spacial score (nSPS) is 11.3. The predicted octanol–water partition coefficient (Wildman–Crippen LogP) is 2.62. The molecule has 7 nitrogen and oxygen atoms in total. The van der Waals surface area contributed by atoms with Crippen molar-refractivity contribution < 1.29 is 18.1 Å². The molecule has 0 radical (unpaired) electrons. The van der Waals surface area contributed by atoms with Crippen molar-refractivity contribution in [1.82, 2.24) is 9.97 Å². The summed E-state index contributed by atoms with van der Waals surface area (Å²) < 4.78 is 37.5. The maximum Gasteiger partial charge on any atom is 0.416 e. The van der Waals surface area contributed by atoms with Crippen molar-refractivity contribution in [2.75, 3.05) is 17.7 Å². The molecule has 2 rings (SSSR count). The molecule has 0 bridgehead atoms. The molecule has 1 heterocycles. The molecule has 10 heteroatoms. The lowest BCUT2D eigenvalue weighted by Crippen LogP contribution is -2.20. The fraction of sp³-hybridized carbons (Fsp3) is 0.231. The van der Waals surface area contributed by atoms with Crippen molar-refractivity contribution in [2.24, 2.45) is 0 Å². The Labute approximate surface area is 128 Å². The average Bonchev–Trinajstić information content (AvgIpc) is 2.46. The van der Waals surface area contributed by atoms with Gasteiger partial charge in [-0.15, -0.1) is 0 Å². The minimum atomic E-state index is -4.39. The Kier molecular flexibility index (Phi) is 4.34. The van der Waals surface area contributed by atoms with E-state index in [2.05, 4.69) is 9.97 Å². The molecule has 23 heavy (non-hydrogen) atoms. The van der Waals surface area contributed by atoms with E-state index in [1.807, 2.05) is 0 Å². The van der Waals surface area contributed by atoms with Crippen LogP contribution in [-0.2, 0) is 12.7 Å². The highest BCUT2D eigenvalue weighted by Crippen LogP contribution is 2.29. The number of nitrogens with zero attached hydrogens (tertiary/aromatic N) is 4. The van der Waals surface area contributed by atoms with Crippen LogP contribution in [0.1, 0.15) is 11.1 Å². The molecule has 0 atom stereocenters. The van der Waals surface area contributed by atoms with Gasteiger partial charge < -0.3 is 10.6 Å². The molecule has 0 aliphatic heterocycles. The number of hydrogen-bond acceptors (Lipinski definition) is 6. The van der Waals surface area contributed by atoms with Gasteiger partial charge >= 0.3 is 11.9 Å². The van der Waals surface area contributed by atoms with E-state index in [1.165, 1.54) is 17.0 Å². The number of rotatable bonds is 4. The van der Waals surface area contributed by atoms with E-state index in [-0.39, 0.29) is 18.3 Å². The molecular formula is C13H12F3N5O2. The van der Waals surface area contributed by atoms with Crippen molar-refractivity contribution in [3.05, 3.63) is 51.7 Å². The minimum Gasteiger partial charge on any atom is -0.378 e. The van der Waals surface area contributed by atoms with Crippen LogP contribution in [0.2, 0.25) is 0 Å². The first kappa shape index (κ1) is 16.5. The summed E-state index contributed by atoms with van der Waals surface area (Å²) >= 11 is 0. The van der Waals surface area contributed by atoms with E-state index in [0.29, 0.717) is 5.56 Å². The third-order valence-electron chi connectivity index (χ3n) is 3.02. The maximum atomic E-state index is 12.5. The van der Waals surface area contributed by atoms with Crippen LogP contribution in [0.25, 0.3) is 0 Å². The molecule has 0 saturated heterocycles. The quantitative estimate of drug-likeness (QED) is 0.684. The van der Waals surface area contributed by atoms with Crippen LogP contribution < -0.4 is 10.6 Å². The largest absolute Gasteiger partial charge is 0.416 e. The summed E-state index contributed by atoms with van der Waals surface area (Å²) in [5, 5.41) is 10.6. The lowest BCUT2D eigenvalue weighted by atomic mass is 10.1. The van der Waals surface area contributed by atoms with Crippen LogP contribution in [-0.4, -0.2) is 21.9 Å². The number of nitrogen functional groups attached to an aromatic ring is 1. The summed E-state index contributed by atoms with van der Waals surface area (Å²) in [5.41, 5.74) is 4.93. The zero-order chi connectivity index (χ0) is 17.2. The van der Waals surface area contributed by atoms with Crippen LogP contribution in [0.3, 0.4) is 0 Å². The highest BCUT2D eigenvalue weighted by molar-refractivity contribution is 5.53. The lowest BCUT2D eigenvalue weighted by Gasteiger charge is -2.17. The Hall–Kier alpha value is -2.91. The average molecular weight is 327 g/mol. The van der Waals surface area contributed by atoms with E-state index < -0.39 is 22.4 Å². The number of nitro groups is 1. The van der Waals surface area contributed by atoms with Crippen molar-refractivity contribution in [3.8, 4) is 0 Å². The molecule has 2 aromatic rings. The highest BCUT2D eigenvalue weighted by atomic mass is 19.4. The summed E-state index contributed by atoms with van der Waals surface area (Å²) in [6.07, 6.45) is -3.40. The molecule has 0 amide bonds. The molecule has 0 spiro atoms. The van der Waals surface area contributed by atoms with Gasteiger partial charge in [0.15, 0.2) is 0 Å². The zero-order valence-electron chi connectivity index (χ0n) is 11.9. The van der Waals surface area contributed by atoms with Gasteiger partial charge in [-0.3, -0.25) is 10.1 Å². The number of alkyl halides is 3. The second-order valence-electron chi connectivity index (χ2n) is 4.75. The van der Waals surface area contributed by atoms with Crippen molar-refractivity contribution >= 4 is 17.5 Å². The molecule has 0 fully saturated rings. The molecule has 1 aromatic heterocycles. The molecule has 0 unspecified atom stereocenters. The first-order valence-electron chi connectivity index (χ1n) is 6.32. The third-order valence-corrected chi connectivity index (χ3v) is 3.02. The minimum absolute atomic E-state index is 0.132. The van der Waals surface area contributed by atoms with Crippen LogP contribution in [0.5, 0.6) is 0 Å². The fourth-order valence-electron chi connectivity index (χ4n) is 1.85. The SMILES string of the molecule is CN(Cc1ccc(C(F)(F)F)cc1)c1ncc([N+](=O)[O-])c(N)n1. The second kappa shape index (κ2) is 6.07. The Balaban J connectivity index is 2.14. The van der Waals surface area contributed by atoms with Crippen LogP contribution >= 0.6 is 0 Å². The summed E-state index contributed by atoms with van der Waals surface area (Å²) in [6.45, 7) is 0.218. The number of nitrogens with two attached hydrogens (primary N) is 1. The van der Waals surface area contributed by atoms with Crippen molar-refractivity contribution in [2.45, 2.75) is 12.7 Å². The Morgan fingerprint density at radius 3 is 2.39 bits per heavy atom. The van der Waals surface area contributed by atoms with Gasteiger partial charge in [-0.1, -0.05) is 12.1 Å². The van der Waals surface area contributed by atoms with Crippen LogP contribution in [0.15, 0.2) is 30.5 Å². The first-order valence-corrected chi connectivity index (χ1v) is 6.32. The summed E-state index contributed by atoms with van der Waals surface area (Å²) in [4.78, 5) is 19.1. The smallest absolute Gasteiger partial charge is 0.378 e. The van der Waals surface area contributed by atoms with Gasteiger partial charge in [0.2, 0.25) is 11.8 Å². The fourth-order valence-corrected chi connectivity index (χ4v) is 1.85. The van der Waals surface area contributed by atoms with Gasteiger partial charge in [0.1, 0.15) is 6.20 Å². The monoisotopic (exact) mass is 327 g/mol. The van der Waals surface area contributed by atoms with E-state index >= 15 is 0 Å². The van der Waals surface area contributed by atoms with Gasteiger partial charge in [-0.2, -0.15) is 18.2 Å². The van der Waals surface area contributed by atoms with E-state index in [1.54, 1.807) is 7.05 Å². The van der Waals surface area contributed by atoms with Gasteiger partial charge in [-0.25, -0.2) is 4.98 Å². The topological polar surface area (TPSA) is 98.2 Å². The number of hydrogen-bond donors (Lipinski definition) is 1. The molecule has 1 aromatic carbocycles. The van der Waals surface area contributed by atoms with Gasteiger partial charge in [0, 0.05) is 13.6 Å². The van der Waals surface area contributed by atoms with Crippen molar-refractivity contribution in [1.29, 1.82) is 0 Å². The molecule has 0 aliphatic carbocycles. The standard InChI is InChI=1S/C13H12F3N5O2/c1-20(12-18-6-10(21(22)23)11(17)19-12)7-8-2-4-9(5-3-8)13(14,15)16/h2-6H,7H2,1H3,(H2,17,18,19). The third kappa shape index (κ3) is 3.84. The highest BCUT2D eigenvalue weighted by Gasteiger charge is 2.30. The molecule has 122 valence electrons.